The van der Waals surface area contributed by atoms with Gasteiger partial charge in [-0.2, -0.15) is 0 Å². The molecule has 0 bridgehead atoms. The van der Waals surface area contributed by atoms with Gasteiger partial charge in [-0.3, -0.25) is 0 Å². The first kappa shape index (κ1) is 11.2. The van der Waals surface area contributed by atoms with Crippen LogP contribution in [0.3, 0.4) is 0 Å². The molecule has 1 saturated carbocycles. The maximum absolute atomic E-state index is 11.4. The predicted octanol–water partition coefficient (Wildman–Crippen LogP) is 1.27. The van der Waals surface area contributed by atoms with E-state index >= 15 is 0 Å². The summed E-state index contributed by atoms with van der Waals surface area (Å²) in [5.74, 6) is -0.320. The van der Waals surface area contributed by atoms with E-state index in [9.17, 15) is 9.90 Å². The summed E-state index contributed by atoms with van der Waals surface area (Å²) in [4.78, 5) is 11.4. The molecule has 4 heteroatoms. The van der Waals surface area contributed by atoms with Crippen LogP contribution in [0.2, 0.25) is 0 Å². The first-order valence-corrected chi connectivity index (χ1v) is 5.51. The van der Waals surface area contributed by atoms with Crippen LogP contribution in [0, 0.1) is 0 Å². The Morgan fingerprint density at radius 3 is 2.81 bits per heavy atom. The van der Waals surface area contributed by atoms with E-state index < -0.39 is 5.60 Å². The standard InChI is InChI=1S/C12H17NO3/c1-13-9(5-6-12(15)7-8-12)3-4-10(13)11(14)16-2/h3-4,15H,5-8H2,1-2H3. The number of carbonyl (C=O) groups excluding carboxylic acids is 1. The van der Waals surface area contributed by atoms with E-state index in [1.807, 2.05) is 17.7 Å². The van der Waals surface area contributed by atoms with Gasteiger partial charge in [0.2, 0.25) is 0 Å². The molecule has 0 amide bonds. The van der Waals surface area contributed by atoms with Gasteiger partial charge in [-0.05, 0) is 37.8 Å². The Bertz CT molecular complexity index is 404. The van der Waals surface area contributed by atoms with Crippen LogP contribution in [-0.2, 0) is 18.2 Å². The summed E-state index contributed by atoms with van der Waals surface area (Å²) in [6.45, 7) is 0. The molecule has 88 valence electrons. The van der Waals surface area contributed by atoms with Gasteiger partial charge >= 0.3 is 5.97 Å². The maximum atomic E-state index is 11.4. The quantitative estimate of drug-likeness (QED) is 0.782. The zero-order chi connectivity index (χ0) is 11.8. The molecule has 2 rings (SSSR count). The number of nitrogens with zero attached hydrogens (tertiary/aromatic N) is 1. The van der Waals surface area contributed by atoms with Gasteiger partial charge in [-0.1, -0.05) is 0 Å². The molecule has 4 nitrogen and oxygen atoms in total. The van der Waals surface area contributed by atoms with Gasteiger partial charge in [0.05, 0.1) is 12.7 Å². The summed E-state index contributed by atoms with van der Waals surface area (Å²) in [6.07, 6.45) is 3.37. The topological polar surface area (TPSA) is 51.5 Å². The Kier molecular flexibility index (Phi) is 2.76. The van der Waals surface area contributed by atoms with Crippen molar-refractivity contribution in [2.45, 2.75) is 31.3 Å². The van der Waals surface area contributed by atoms with E-state index in [1.165, 1.54) is 7.11 Å². The molecule has 0 aliphatic heterocycles. The fourth-order valence-corrected chi connectivity index (χ4v) is 1.87. The maximum Gasteiger partial charge on any atom is 0.354 e. The van der Waals surface area contributed by atoms with E-state index in [1.54, 1.807) is 6.07 Å². The number of esters is 1. The highest BCUT2D eigenvalue weighted by atomic mass is 16.5. The lowest BCUT2D eigenvalue weighted by molar-refractivity contribution is 0.0589. The zero-order valence-electron chi connectivity index (χ0n) is 9.69. The van der Waals surface area contributed by atoms with Crippen molar-refractivity contribution in [1.29, 1.82) is 0 Å². The Morgan fingerprint density at radius 2 is 2.25 bits per heavy atom. The summed E-state index contributed by atoms with van der Waals surface area (Å²) >= 11 is 0. The first-order valence-electron chi connectivity index (χ1n) is 5.51. The van der Waals surface area contributed by atoms with Gasteiger partial charge < -0.3 is 14.4 Å². The minimum atomic E-state index is -0.435. The SMILES string of the molecule is COC(=O)c1ccc(CCC2(O)CC2)n1C. The number of hydrogen-bond acceptors (Lipinski definition) is 3. The molecule has 1 aliphatic rings. The lowest BCUT2D eigenvalue weighted by Gasteiger charge is -2.09. The van der Waals surface area contributed by atoms with Crippen LogP contribution in [0.15, 0.2) is 12.1 Å². The highest BCUT2D eigenvalue weighted by molar-refractivity contribution is 5.87. The van der Waals surface area contributed by atoms with Gasteiger partial charge in [-0.15, -0.1) is 0 Å². The molecule has 1 aliphatic carbocycles. The Morgan fingerprint density at radius 1 is 1.56 bits per heavy atom. The number of rotatable bonds is 4. The molecule has 1 aromatic rings. The fourth-order valence-electron chi connectivity index (χ4n) is 1.87. The lowest BCUT2D eigenvalue weighted by atomic mass is 10.1. The van der Waals surface area contributed by atoms with Gasteiger partial charge in [0.15, 0.2) is 0 Å². The molecule has 0 saturated heterocycles. The third kappa shape index (κ3) is 2.11. The minimum Gasteiger partial charge on any atom is -0.464 e. The van der Waals surface area contributed by atoms with Crippen molar-refractivity contribution in [2.75, 3.05) is 7.11 Å². The van der Waals surface area contributed by atoms with Crippen LogP contribution in [-0.4, -0.2) is 28.4 Å². The minimum absolute atomic E-state index is 0.320. The van der Waals surface area contributed by atoms with Crippen LogP contribution < -0.4 is 0 Å². The van der Waals surface area contributed by atoms with Crippen molar-refractivity contribution >= 4 is 5.97 Å². The van der Waals surface area contributed by atoms with E-state index in [2.05, 4.69) is 4.74 Å². The smallest absolute Gasteiger partial charge is 0.354 e. The van der Waals surface area contributed by atoms with Crippen LogP contribution in [0.1, 0.15) is 35.4 Å². The van der Waals surface area contributed by atoms with Crippen LogP contribution in [0.4, 0.5) is 0 Å². The van der Waals surface area contributed by atoms with E-state index in [0.717, 1.165) is 31.4 Å². The van der Waals surface area contributed by atoms with Crippen molar-refractivity contribution in [1.82, 2.24) is 4.57 Å². The average molecular weight is 223 g/mol. The van der Waals surface area contributed by atoms with Crippen LogP contribution in [0.5, 0.6) is 0 Å². The van der Waals surface area contributed by atoms with Gasteiger partial charge in [-0.25, -0.2) is 4.79 Å². The lowest BCUT2D eigenvalue weighted by Crippen LogP contribution is -2.12. The highest BCUT2D eigenvalue weighted by Crippen LogP contribution is 2.39. The number of hydrogen-bond donors (Lipinski definition) is 1. The van der Waals surface area contributed by atoms with Crippen LogP contribution in [0.25, 0.3) is 0 Å². The summed E-state index contributed by atoms with van der Waals surface area (Å²) in [7, 11) is 3.22. The summed E-state index contributed by atoms with van der Waals surface area (Å²) < 4.78 is 6.51. The average Bonchev–Trinajstić information content (AvgIpc) is 2.89. The predicted molar refractivity (Wildman–Crippen MR) is 59.3 cm³/mol. The van der Waals surface area contributed by atoms with Crippen molar-refractivity contribution in [3.63, 3.8) is 0 Å². The van der Waals surface area contributed by atoms with Crippen molar-refractivity contribution < 1.29 is 14.6 Å². The number of methoxy groups -OCH3 is 1. The molecule has 0 atom stereocenters. The second-order valence-corrected chi connectivity index (χ2v) is 4.48. The van der Waals surface area contributed by atoms with Crippen LogP contribution >= 0.6 is 0 Å². The van der Waals surface area contributed by atoms with E-state index in [-0.39, 0.29) is 5.97 Å². The molecule has 16 heavy (non-hydrogen) atoms. The third-order valence-electron chi connectivity index (χ3n) is 3.29. The molecule has 1 fully saturated rings. The molecule has 1 heterocycles. The Hall–Kier alpha value is -1.29. The van der Waals surface area contributed by atoms with Crippen molar-refractivity contribution in [2.24, 2.45) is 7.05 Å². The van der Waals surface area contributed by atoms with E-state index in [4.69, 9.17) is 0 Å². The fraction of sp³-hybridized carbons (Fsp3) is 0.583. The monoisotopic (exact) mass is 223 g/mol. The molecular formula is C12H17NO3. The molecule has 0 radical (unpaired) electrons. The summed E-state index contributed by atoms with van der Waals surface area (Å²) in [6, 6.07) is 3.68. The second kappa shape index (κ2) is 3.94. The molecule has 0 spiro atoms. The molecule has 0 unspecified atom stereocenters. The molecule has 1 N–H and O–H groups in total. The number of aliphatic hydroxyl groups is 1. The van der Waals surface area contributed by atoms with Crippen molar-refractivity contribution in [3.8, 4) is 0 Å². The van der Waals surface area contributed by atoms with Gasteiger partial charge in [0.25, 0.3) is 0 Å². The first-order chi connectivity index (χ1) is 7.56. The zero-order valence-corrected chi connectivity index (χ0v) is 9.69. The summed E-state index contributed by atoms with van der Waals surface area (Å²) in [5, 5.41) is 9.74. The number of ether oxygens (including phenoxy) is 1. The largest absolute Gasteiger partial charge is 0.464 e. The molecule has 0 aromatic carbocycles. The molecule has 1 aromatic heterocycles. The Labute approximate surface area is 94.8 Å². The number of carbonyl (C=O) groups is 1. The van der Waals surface area contributed by atoms with E-state index in [0.29, 0.717) is 5.69 Å². The second-order valence-electron chi connectivity index (χ2n) is 4.48. The highest BCUT2D eigenvalue weighted by Gasteiger charge is 2.39. The third-order valence-corrected chi connectivity index (χ3v) is 3.29. The number of aryl methyl sites for hydroxylation is 1. The summed E-state index contributed by atoms with van der Waals surface area (Å²) in [5.41, 5.74) is 1.18. The van der Waals surface area contributed by atoms with Gasteiger partial charge in [0, 0.05) is 12.7 Å². The van der Waals surface area contributed by atoms with Crippen molar-refractivity contribution in [3.05, 3.63) is 23.5 Å². The molecular weight excluding hydrogens is 206 g/mol. The van der Waals surface area contributed by atoms with Gasteiger partial charge in [0.1, 0.15) is 5.69 Å². The number of aromatic nitrogens is 1. The normalized spacial score (nSPS) is 17.2. The Balaban J connectivity index is 2.04.